The fraction of sp³-hybridized carbons (Fsp3) is 1.00. The van der Waals surface area contributed by atoms with Crippen LogP contribution in [-0.2, 0) is 4.74 Å². The highest BCUT2D eigenvalue weighted by molar-refractivity contribution is 6.19. The minimum Gasteiger partial charge on any atom is -0.363 e. The third-order valence-electron chi connectivity index (χ3n) is 1.39. The van der Waals surface area contributed by atoms with E-state index in [-0.39, 0.29) is 5.56 Å². The van der Waals surface area contributed by atoms with E-state index in [0.29, 0.717) is 5.92 Å². The second kappa shape index (κ2) is 5.99. The van der Waals surface area contributed by atoms with Crippen molar-refractivity contribution in [3.8, 4) is 0 Å². The van der Waals surface area contributed by atoms with Crippen molar-refractivity contribution >= 4 is 11.6 Å². The molecule has 0 aliphatic carbocycles. The van der Waals surface area contributed by atoms with Crippen molar-refractivity contribution in [1.29, 1.82) is 0 Å². The molecule has 0 saturated carbocycles. The van der Waals surface area contributed by atoms with E-state index in [1.165, 1.54) is 12.8 Å². The fourth-order valence-corrected chi connectivity index (χ4v) is 0.946. The average molecular weight is 165 g/mol. The first-order valence-corrected chi connectivity index (χ1v) is 4.36. The number of hydrogen-bond donors (Lipinski definition) is 0. The minimum atomic E-state index is -0.140. The molecule has 0 aromatic carbocycles. The van der Waals surface area contributed by atoms with E-state index >= 15 is 0 Å². The highest BCUT2D eigenvalue weighted by Crippen LogP contribution is 2.07. The Morgan fingerprint density at radius 1 is 1.40 bits per heavy atom. The van der Waals surface area contributed by atoms with Crippen molar-refractivity contribution in [3.05, 3.63) is 0 Å². The van der Waals surface area contributed by atoms with Gasteiger partial charge in [-0.1, -0.05) is 31.9 Å². The van der Waals surface area contributed by atoms with Gasteiger partial charge in [0.2, 0.25) is 0 Å². The third kappa shape index (κ3) is 6.37. The molecule has 0 aromatic rings. The third-order valence-corrected chi connectivity index (χ3v) is 1.52. The predicted molar refractivity (Wildman–Crippen MR) is 45.3 cm³/mol. The van der Waals surface area contributed by atoms with E-state index in [2.05, 4.69) is 13.8 Å². The van der Waals surface area contributed by atoms with Gasteiger partial charge < -0.3 is 4.74 Å². The number of ether oxygens (including phenoxy) is 1. The standard InChI is InChI=1S/C8H17ClO/c1-4-5-7(2)6-10-8(3)9/h7-8H,4-6H2,1-3H3. The van der Waals surface area contributed by atoms with Crippen LogP contribution in [0.1, 0.15) is 33.6 Å². The number of hydrogen-bond acceptors (Lipinski definition) is 1. The van der Waals surface area contributed by atoms with Gasteiger partial charge in [-0.3, -0.25) is 0 Å². The first-order valence-electron chi connectivity index (χ1n) is 3.92. The quantitative estimate of drug-likeness (QED) is 0.568. The van der Waals surface area contributed by atoms with Gasteiger partial charge in [0.25, 0.3) is 0 Å². The molecular formula is C8H17ClO. The van der Waals surface area contributed by atoms with E-state index in [9.17, 15) is 0 Å². The molecule has 0 heterocycles. The molecule has 2 atom stereocenters. The van der Waals surface area contributed by atoms with Gasteiger partial charge in [0.15, 0.2) is 0 Å². The summed E-state index contributed by atoms with van der Waals surface area (Å²) in [6, 6.07) is 0. The zero-order valence-electron chi connectivity index (χ0n) is 7.06. The lowest BCUT2D eigenvalue weighted by molar-refractivity contribution is 0.0882. The highest BCUT2D eigenvalue weighted by Gasteiger charge is 2.02. The lowest BCUT2D eigenvalue weighted by atomic mass is 10.1. The van der Waals surface area contributed by atoms with Crippen molar-refractivity contribution in [2.75, 3.05) is 6.61 Å². The Labute approximate surface area is 68.7 Å². The Hall–Kier alpha value is 0.250. The Bertz CT molecular complexity index is 73.7. The molecule has 2 heteroatoms. The van der Waals surface area contributed by atoms with Gasteiger partial charge in [0, 0.05) is 0 Å². The van der Waals surface area contributed by atoms with Gasteiger partial charge in [-0.25, -0.2) is 0 Å². The van der Waals surface area contributed by atoms with Crippen LogP contribution in [0.5, 0.6) is 0 Å². The molecule has 0 N–H and O–H groups in total. The van der Waals surface area contributed by atoms with Crippen molar-refractivity contribution in [2.45, 2.75) is 39.2 Å². The monoisotopic (exact) mass is 164 g/mol. The summed E-state index contributed by atoms with van der Waals surface area (Å²) in [5, 5.41) is 0. The molecular weight excluding hydrogens is 148 g/mol. The Kier molecular flexibility index (Phi) is 6.14. The molecule has 2 unspecified atom stereocenters. The molecule has 0 radical (unpaired) electrons. The first-order chi connectivity index (χ1) is 4.66. The smallest absolute Gasteiger partial charge is 0.128 e. The summed E-state index contributed by atoms with van der Waals surface area (Å²) in [6.45, 7) is 7.00. The lowest BCUT2D eigenvalue weighted by Gasteiger charge is -2.11. The second-order valence-electron chi connectivity index (χ2n) is 2.77. The molecule has 0 aliphatic heterocycles. The summed E-state index contributed by atoms with van der Waals surface area (Å²) in [5.41, 5.74) is -0.140. The number of halogens is 1. The Morgan fingerprint density at radius 3 is 2.40 bits per heavy atom. The van der Waals surface area contributed by atoms with Crippen molar-refractivity contribution in [2.24, 2.45) is 5.92 Å². The Balaban J connectivity index is 3.12. The molecule has 10 heavy (non-hydrogen) atoms. The maximum Gasteiger partial charge on any atom is 0.128 e. The van der Waals surface area contributed by atoms with Gasteiger partial charge in [-0.2, -0.15) is 0 Å². The second-order valence-corrected chi connectivity index (χ2v) is 3.38. The van der Waals surface area contributed by atoms with Gasteiger partial charge >= 0.3 is 0 Å². The van der Waals surface area contributed by atoms with Crippen LogP contribution in [0, 0.1) is 5.92 Å². The number of rotatable bonds is 5. The molecule has 62 valence electrons. The molecule has 0 aromatic heterocycles. The van der Waals surface area contributed by atoms with E-state index in [0.717, 1.165) is 6.61 Å². The maximum absolute atomic E-state index is 5.60. The van der Waals surface area contributed by atoms with Crippen molar-refractivity contribution in [3.63, 3.8) is 0 Å². The van der Waals surface area contributed by atoms with Crippen molar-refractivity contribution < 1.29 is 4.74 Å². The van der Waals surface area contributed by atoms with Crippen LogP contribution in [-0.4, -0.2) is 12.2 Å². The SMILES string of the molecule is CCCC(C)COC(C)Cl. The minimum absolute atomic E-state index is 0.140. The van der Waals surface area contributed by atoms with Crippen LogP contribution in [0.25, 0.3) is 0 Å². The van der Waals surface area contributed by atoms with Crippen LogP contribution in [0.15, 0.2) is 0 Å². The zero-order chi connectivity index (χ0) is 7.98. The van der Waals surface area contributed by atoms with Crippen LogP contribution < -0.4 is 0 Å². The first kappa shape index (κ1) is 10.2. The average Bonchev–Trinajstić information content (AvgIpc) is 1.85. The molecule has 0 bridgehead atoms. The van der Waals surface area contributed by atoms with Gasteiger partial charge in [-0.15, -0.1) is 0 Å². The van der Waals surface area contributed by atoms with Crippen LogP contribution >= 0.6 is 11.6 Å². The lowest BCUT2D eigenvalue weighted by Crippen LogP contribution is -2.09. The molecule has 0 amide bonds. The summed E-state index contributed by atoms with van der Waals surface area (Å²) in [7, 11) is 0. The van der Waals surface area contributed by atoms with Gasteiger partial charge in [-0.05, 0) is 19.3 Å². The number of alkyl halides is 1. The zero-order valence-corrected chi connectivity index (χ0v) is 7.82. The summed E-state index contributed by atoms with van der Waals surface area (Å²) < 4.78 is 5.22. The van der Waals surface area contributed by atoms with E-state index < -0.39 is 0 Å². The molecule has 1 nitrogen and oxygen atoms in total. The molecule has 0 spiro atoms. The fourth-order valence-electron chi connectivity index (χ4n) is 0.873. The largest absolute Gasteiger partial charge is 0.363 e. The molecule has 0 saturated heterocycles. The summed E-state index contributed by atoms with van der Waals surface area (Å²) >= 11 is 5.60. The van der Waals surface area contributed by atoms with E-state index in [1.807, 2.05) is 6.92 Å². The molecule has 0 rings (SSSR count). The Morgan fingerprint density at radius 2 is 2.00 bits per heavy atom. The van der Waals surface area contributed by atoms with Crippen molar-refractivity contribution in [1.82, 2.24) is 0 Å². The van der Waals surface area contributed by atoms with E-state index in [1.54, 1.807) is 0 Å². The van der Waals surface area contributed by atoms with E-state index in [4.69, 9.17) is 16.3 Å². The van der Waals surface area contributed by atoms with Crippen LogP contribution in [0.3, 0.4) is 0 Å². The highest BCUT2D eigenvalue weighted by atomic mass is 35.5. The maximum atomic E-state index is 5.60. The predicted octanol–water partition coefficient (Wildman–Crippen LogP) is 3.02. The normalized spacial score (nSPS) is 16.8. The summed E-state index contributed by atoms with van der Waals surface area (Å²) in [4.78, 5) is 0. The molecule has 0 aliphatic rings. The summed E-state index contributed by atoms with van der Waals surface area (Å²) in [5.74, 6) is 0.645. The topological polar surface area (TPSA) is 9.23 Å². The van der Waals surface area contributed by atoms with Crippen LogP contribution in [0.4, 0.5) is 0 Å². The summed E-state index contributed by atoms with van der Waals surface area (Å²) in [6.07, 6.45) is 2.45. The van der Waals surface area contributed by atoms with Gasteiger partial charge in [0.05, 0.1) is 6.61 Å². The molecule has 0 fully saturated rings. The van der Waals surface area contributed by atoms with Crippen LogP contribution in [0.2, 0.25) is 0 Å². The van der Waals surface area contributed by atoms with Gasteiger partial charge in [0.1, 0.15) is 5.56 Å².